The SMILES string of the molecule is CCCCCn1nc(C(=O)Nc2nc3ccccc3[nH]2)c2ccccc2c1=O. The van der Waals surface area contributed by atoms with Crippen LogP contribution in [0, 0.1) is 0 Å². The number of benzene rings is 2. The minimum atomic E-state index is -0.403. The minimum Gasteiger partial charge on any atom is -0.324 e. The standard InChI is InChI=1S/C21H21N5O2/c1-2-3-8-13-26-20(28)15-10-5-4-9-14(15)18(25-26)19(27)24-21-22-16-11-6-7-12-17(16)23-21/h4-7,9-12H,2-3,8,13H2,1H3,(H2,22,23,24,27). The van der Waals surface area contributed by atoms with Crippen LogP contribution >= 0.6 is 0 Å². The first-order valence-electron chi connectivity index (χ1n) is 9.43. The summed E-state index contributed by atoms with van der Waals surface area (Å²) in [4.78, 5) is 33.1. The second-order valence-electron chi connectivity index (χ2n) is 6.69. The smallest absolute Gasteiger partial charge is 0.279 e. The van der Waals surface area contributed by atoms with Crippen LogP contribution in [0.4, 0.5) is 5.95 Å². The van der Waals surface area contributed by atoms with Gasteiger partial charge in [0.05, 0.1) is 16.4 Å². The zero-order valence-corrected chi connectivity index (χ0v) is 15.6. The third-order valence-electron chi connectivity index (χ3n) is 4.68. The van der Waals surface area contributed by atoms with Gasteiger partial charge >= 0.3 is 0 Å². The second-order valence-corrected chi connectivity index (χ2v) is 6.69. The van der Waals surface area contributed by atoms with Crippen molar-refractivity contribution < 1.29 is 4.79 Å². The molecule has 0 saturated heterocycles. The van der Waals surface area contributed by atoms with E-state index in [-0.39, 0.29) is 11.3 Å². The zero-order valence-electron chi connectivity index (χ0n) is 15.6. The molecule has 2 aromatic carbocycles. The Morgan fingerprint density at radius 1 is 1.07 bits per heavy atom. The fraction of sp³-hybridized carbons (Fsp3) is 0.238. The highest BCUT2D eigenvalue weighted by Crippen LogP contribution is 2.17. The maximum Gasteiger partial charge on any atom is 0.279 e. The van der Waals surface area contributed by atoms with Gasteiger partial charge in [-0.15, -0.1) is 0 Å². The predicted molar refractivity (Wildman–Crippen MR) is 110 cm³/mol. The molecule has 0 saturated carbocycles. The van der Waals surface area contributed by atoms with E-state index in [0.717, 1.165) is 30.3 Å². The lowest BCUT2D eigenvalue weighted by atomic mass is 10.1. The molecule has 2 aromatic heterocycles. The van der Waals surface area contributed by atoms with E-state index in [4.69, 9.17) is 0 Å². The van der Waals surface area contributed by atoms with Crippen molar-refractivity contribution in [3.05, 3.63) is 64.6 Å². The third kappa shape index (κ3) is 3.38. The highest BCUT2D eigenvalue weighted by molar-refractivity contribution is 6.10. The van der Waals surface area contributed by atoms with E-state index in [1.807, 2.05) is 24.3 Å². The predicted octanol–water partition coefficient (Wildman–Crippen LogP) is 3.72. The van der Waals surface area contributed by atoms with Gasteiger partial charge in [0.25, 0.3) is 11.5 Å². The zero-order chi connectivity index (χ0) is 19.5. The highest BCUT2D eigenvalue weighted by Gasteiger charge is 2.18. The lowest BCUT2D eigenvalue weighted by Crippen LogP contribution is -2.28. The third-order valence-corrected chi connectivity index (χ3v) is 4.68. The van der Waals surface area contributed by atoms with E-state index in [2.05, 4.69) is 27.3 Å². The number of amides is 1. The van der Waals surface area contributed by atoms with Crippen LogP contribution in [-0.2, 0) is 6.54 Å². The van der Waals surface area contributed by atoms with E-state index in [1.54, 1.807) is 24.3 Å². The van der Waals surface area contributed by atoms with Crippen LogP contribution < -0.4 is 10.9 Å². The van der Waals surface area contributed by atoms with E-state index >= 15 is 0 Å². The fourth-order valence-electron chi connectivity index (χ4n) is 3.24. The fourth-order valence-corrected chi connectivity index (χ4v) is 3.24. The molecule has 0 aliphatic heterocycles. The van der Waals surface area contributed by atoms with Crippen LogP contribution in [0.25, 0.3) is 21.8 Å². The second kappa shape index (κ2) is 7.64. The number of H-pyrrole nitrogens is 1. The number of aromatic amines is 1. The molecule has 0 unspecified atom stereocenters. The molecule has 2 N–H and O–H groups in total. The van der Waals surface area contributed by atoms with Gasteiger partial charge in [0, 0.05) is 11.9 Å². The van der Waals surface area contributed by atoms with Gasteiger partial charge in [-0.1, -0.05) is 50.1 Å². The summed E-state index contributed by atoms with van der Waals surface area (Å²) in [5, 5.41) is 8.17. The molecule has 7 heteroatoms. The number of para-hydroxylation sites is 2. The number of unbranched alkanes of at least 4 members (excludes halogenated alkanes) is 2. The first-order chi connectivity index (χ1) is 13.7. The van der Waals surface area contributed by atoms with Gasteiger partial charge < -0.3 is 4.98 Å². The Kier molecular flexibility index (Phi) is 4.89. The summed E-state index contributed by atoms with van der Waals surface area (Å²) in [7, 11) is 0. The van der Waals surface area contributed by atoms with Gasteiger partial charge in [-0.05, 0) is 24.6 Å². The van der Waals surface area contributed by atoms with Crippen LogP contribution in [0.5, 0.6) is 0 Å². The molecular weight excluding hydrogens is 354 g/mol. The van der Waals surface area contributed by atoms with Crippen molar-refractivity contribution in [1.82, 2.24) is 19.7 Å². The average molecular weight is 375 g/mol. The normalized spacial score (nSPS) is 11.2. The number of nitrogens with one attached hydrogen (secondary N) is 2. The summed E-state index contributed by atoms with van der Waals surface area (Å²) in [5.41, 5.74) is 1.64. The largest absolute Gasteiger partial charge is 0.324 e. The molecule has 0 atom stereocenters. The molecule has 7 nitrogen and oxygen atoms in total. The first-order valence-corrected chi connectivity index (χ1v) is 9.43. The van der Waals surface area contributed by atoms with E-state index in [0.29, 0.717) is 23.3 Å². The van der Waals surface area contributed by atoms with E-state index < -0.39 is 5.91 Å². The molecule has 0 aliphatic carbocycles. The number of aryl methyl sites for hydroxylation is 1. The molecule has 0 aliphatic rings. The monoisotopic (exact) mass is 375 g/mol. The number of hydrogen-bond donors (Lipinski definition) is 2. The Labute approximate surface area is 161 Å². The molecule has 1 amide bonds. The Balaban J connectivity index is 1.72. The molecule has 2 heterocycles. The molecule has 28 heavy (non-hydrogen) atoms. The maximum absolute atomic E-state index is 12.9. The number of aromatic nitrogens is 4. The van der Waals surface area contributed by atoms with Crippen molar-refractivity contribution in [2.45, 2.75) is 32.7 Å². The van der Waals surface area contributed by atoms with Crippen molar-refractivity contribution in [2.24, 2.45) is 0 Å². The molecular formula is C21H21N5O2. The van der Waals surface area contributed by atoms with Crippen molar-refractivity contribution in [2.75, 3.05) is 5.32 Å². The van der Waals surface area contributed by atoms with Gasteiger partial charge in [-0.2, -0.15) is 5.10 Å². The number of imidazole rings is 1. The number of fused-ring (bicyclic) bond motifs is 2. The summed E-state index contributed by atoms with van der Waals surface area (Å²) in [6.45, 7) is 2.59. The van der Waals surface area contributed by atoms with Crippen LogP contribution in [0.2, 0.25) is 0 Å². The van der Waals surface area contributed by atoms with Gasteiger partial charge in [0.2, 0.25) is 5.95 Å². The number of carbonyl (C=O) groups excluding carboxylic acids is 1. The van der Waals surface area contributed by atoms with Crippen LogP contribution in [0.3, 0.4) is 0 Å². The average Bonchev–Trinajstić information content (AvgIpc) is 3.12. The minimum absolute atomic E-state index is 0.174. The van der Waals surface area contributed by atoms with Gasteiger partial charge in [-0.25, -0.2) is 9.67 Å². The summed E-state index contributed by atoms with van der Waals surface area (Å²) in [6, 6.07) is 14.6. The Morgan fingerprint density at radius 3 is 2.61 bits per heavy atom. The van der Waals surface area contributed by atoms with Gasteiger partial charge in [0.1, 0.15) is 0 Å². The number of nitrogens with zero attached hydrogens (tertiary/aromatic N) is 3. The molecule has 0 radical (unpaired) electrons. The summed E-state index contributed by atoms with van der Waals surface area (Å²) < 4.78 is 1.39. The molecule has 0 fully saturated rings. The molecule has 4 aromatic rings. The molecule has 0 bridgehead atoms. The Bertz CT molecular complexity index is 1180. The number of carbonyl (C=O) groups is 1. The molecule has 142 valence electrons. The lowest BCUT2D eigenvalue weighted by molar-refractivity contribution is 0.102. The molecule has 4 rings (SSSR count). The highest BCUT2D eigenvalue weighted by atomic mass is 16.2. The van der Waals surface area contributed by atoms with Crippen molar-refractivity contribution in [3.8, 4) is 0 Å². The maximum atomic E-state index is 12.9. The Morgan fingerprint density at radius 2 is 1.82 bits per heavy atom. The summed E-state index contributed by atoms with van der Waals surface area (Å²) >= 11 is 0. The first kappa shape index (κ1) is 17.9. The van der Waals surface area contributed by atoms with Gasteiger partial charge in [0.15, 0.2) is 5.69 Å². The van der Waals surface area contributed by atoms with E-state index in [1.165, 1.54) is 4.68 Å². The summed E-state index contributed by atoms with van der Waals surface area (Å²) in [5.74, 6) is -0.0553. The van der Waals surface area contributed by atoms with Gasteiger partial charge in [-0.3, -0.25) is 14.9 Å². The lowest BCUT2D eigenvalue weighted by Gasteiger charge is -2.10. The summed E-state index contributed by atoms with van der Waals surface area (Å²) in [6.07, 6.45) is 2.88. The van der Waals surface area contributed by atoms with Crippen LogP contribution in [0.15, 0.2) is 53.3 Å². The number of anilines is 1. The van der Waals surface area contributed by atoms with Crippen molar-refractivity contribution in [3.63, 3.8) is 0 Å². The van der Waals surface area contributed by atoms with Crippen molar-refractivity contribution in [1.29, 1.82) is 0 Å². The van der Waals surface area contributed by atoms with Crippen LogP contribution in [-0.4, -0.2) is 25.7 Å². The topological polar surface area (TPSA) is 92.7 Å². The van der Waals surface area contributed by atoms with Crippen molar-refractivity contribution >= 4 is 33.7 Å². The quantitative estimate of drug-likeness (QED) is 0.502. The number of hydrogen-bond acceptors (Lipinski definition) is 4. The molecule has 0 spiro atoms. The van der Waals surface area contributed by atoms with Crippen LogP contribution in [0.1, 0.15) is 36.7 Å². The Hall–Kier alpha value is -3.48. The number of rotatable bonds is 6. The van der Waals surface area contributed by atoms with E-state index in [9.17, 15) is 9.59 Å².